The molecule has 0 atom stereocenters. The minimum atomic E-state index is -2.82. The van der Waals surface area contributed by atoms with Crippen molar-refractivity contribution in [1.29, 1.82) is 0 Å². The van der Waals surface area contributed by atoms with Crippen molar-refractivity contribution in [3.05, 3.63) is 54.6 Å². The zero-order chi connectivity index (χ0) is 16.9. The third-order valence-corrected chi connectivity index (χ3v) is 3.35. The Balaban J connectivity index is 1.66. The summed E-state index contributed by atoms with van der Waals surface area (Å²) in [7, 11) is 1.86. The summed E-state index contributed by atoms with van der Waals surface area (Å²) in [4.78, 5) is 4.19. The van der Waals surface area contributed by atoms with Gasteiger partial charge in [0.2, 0.25) is 0 Å². The summed E-state index contributed by atoms with van der Waals surface area (Å²) >= 11 is 0. The number of pyridine rings is 1. The van der Waals surface area contributed by atoms with Gasteiger partial charge < -0.3 is 14.6 Å². The van der Waals surface area contributed by atoms with E-state index in [4.69, 9.17) is 0 Å². The number of hydrogen-bond acceptors (Lipinski definition) is 5. The average molecular weight is 331 g/mol. The van der Waals surface area contributed by atoms with Crippen LogP contribution in [0.4, 0.5) is 14.5 Å². The van der Waals surface area contributed by atoms with E-state index in [0.29, 0.717) is 6.54 Å². The van der Waals surface area contributed by atoms with Gasteiger partial charge in [0.15, 0.2) is 5.82 Å². The van der Waals surface area contributed by atoms with Crippen LogP contribution < -0.4 is 10.1 Å². The van der Waals surface area contributed by atoms with Crippen LogP contribution >= 0.6 is 0 Å². The molecule has 2 aromatic heterocycles. The van der Waals surface area contributed by atoms with Gasteiger partial charge in [0.25, 0.3) is 0 Å². The predicted octanol–water partition coefficient (Wildman–Crippen LogP) is 3.09. The molecular formula is C16H15F2N5O. The van der Waals surface area contributed by atoms with Crippen LogP contribution in [0.25, 0.3) is 11.4 Å². The van der Waals surface area contributed by atoms with Gasteiger partial charge in [-0.25, -0.2) is 0 Å². The van der Waals surface area contributed by atoms with E-state index >= 15 is 0 Å². The van der Waals surface area contributed by atoms with Crippen molar-refractivity contribution in [2.45, 2.75) is 13.2 Å². The zero-order valence-corrected chi connectivity index (χ0v) is 12.9. The first-order valence-corrected chi connectivity index (χ1v) is 7.19. The lowest BCUT2D eigenvalue weighted by atomic mass is 10.2. The molecule has 124 valence electrons. The molecule has 0 aliphatic heterocycles. The summed E-state index contributed by atoms with van der Waals surface area (Å²) in [6, 6.07) is 8.40. The van der Waals surface area contributed by atoms with Gasteiger partial charge in [-0.15, -0.1) is 10.2 Å². The van der Waals surface area contributed by atoms with Gasteiger partial charge in [-0.2, -0.15) is 8.78 Å². The maximum absolute atomic E-state index is 12.1. The summed E-state index contributed by atoms with van der Waals surface area (Å²) < 4.78 is 30.4. The third kappa shape index (κ3) is 3.83. The highest BCUT2D eigenvalue weighted by Gasteiger charge is 2.06. The summed E-state index contributed by atoms with van der Waals surface area (Å²) in [5.74, 6) is 0.861. The molecule has 1 aromatic carbocycles. The Labute approximate surface area is 137 Å². The van der Waals surface area contributed by atoms with Crippen LogP contribution in [0.1, 0.15) is 5.56 Å². The molecule has 8 heteroatoms. The summed E-state index contributed by atoms with van der Waals surface area (Å²) in [5, 5.41) is 11.1. The van der Waals surface area contributed by atoms with Gasteiger partial charge in [0, 0.05) is 31.5 Å². The number of aromatic nitrogens is 4. The van der Waals surface area contributed by atoms with Crippen LogP contribution in [-0.2, 0) is 13.6 Å². The second kappa shape index (κ2) is 7.03. The lowest BCUT2D eigenvalue weighted by molar-refractivity contribution is -0.0498. The minimum Gasteiger partial charge on any atom is -0.435 e. The van der Waals surface area contributed by atoms with Gasteiger partial charge in [-0.3, -0.25) is 4.98 Å². The zero-order valence-electron chi connectivity index (χ0n) is 12.9. The van der Waals surface area contributed by atoms with Crippen LogP contribution in [-0.4, -0.2) is 26.4 Å². The number of hydrogen-bond donors (Lipinski definition) is 1. The maximum Gasteiger partial charge on any atom is 0.387 e. The molecule has 6 nitrogen and oxygen atoms in total. The Morgan fingerprint density at radius 2 is 2.00 bits per heavy atom. The number of alkyl halides is 2. The molecule has 0 radical (unpaired) electrons. The van der Waals surface area contributed by atoms with Crippen LogP contribution in [0.2, 0.25) is 0 Å². The van der Waals surface area contributed by atoms with Gasteiger partial charge in [0.1, 0.15) is 12.1 Å². The normalized spacial score (nSPS) is 10.8. The standard InChI is InChI=1S/C16H15F2N5O/c1-23-10-21-22-15(23)12-6-13(9-19-8-12)20-7-11-2-4-14(5-3-11)24-16(17)18/h2-6,8-10,16,20H,7H2,1H3. The molecule has 0 saturated carbocycles. The van der Waals surface area contributed by atoms with E-state index in [0.717, 1.165) is 22.6 Å². The highest BCUT2D eigenvalue weighted by atomic mass is 19.3. The summed E-state index contributed by atoms with van der Waals surface area (Å²) in [6.45, 7) is -2.29. The largest absolute Gasteiger partial charge is 0.435 e. The molecular weight excluding hydrogens is 316 g/mol. The highest BCUT2D eigenvalue weighted by molar-refractivity contribution is 5.60. The van der Waals surface area contributed by atoms with E-state index in [9.17, 15) is 8.78 Å². The molecule has 0 spiro atoms. The number of rotatable bonds is 6. The molecule has 0 amide bonds. The Hall–Kier alpha value is -3.03. The molecule has 1 N–H and O–H groups in total. The molecule has 0 bridgehead atoms. The maximum atomic E-state index is 12.1. The molecule has 2 heterocycles. The second-order valence-corrected chi connectivity index (χ2v) is 5.10. The van der Waals surface area contributed by atoms with Crippen LogP contribution in [0.15, 0.2) is 49.1 Å². The van der Waals surface area contributed by atoms with Gasteiger partial charge in [-0.05, 0) is 23.8 Å². The molecule has 0 unspecified atom stereocenters. The lowest BCUT2D eigenvalue weighted by Crippen LogP contribution is -2.03. The lowest BCUT2D eigenvalue weighted by Gasteiger charge is -2.09. The molecule has 3 aromatic rings. The Bertz CT molecular complexity index is 804. The Kier molecular flexibility index (Phi) is 4.64. The average Bonchev–Trinajstić information content (AvgIpc) is 3.00. The van der Waals surface area contributed by atoms with Crippen molar-refractivity contribution in [1.82, 2.24) is 19.7 Å². The van der Waals surface area contributed by atoms with Gasteiger partial charge in [0.05, 0.1) is 5.69 Å². The van der Waals surface area contributed by atoms with Crippen molar-refractivity contribution < 1.29 is 13.5 Å². The van der Waals surface area contributed by atoms with Crippen molar-refractivity contribution >= 4 is 5.69 Å². The number of nitrogens with one attached hydrogen (secondary N) is 1. The van der Waals surface area contributed by atoms with Crippen molar-refractivity contribution in [3.63, 3.8) is 0 Å². The molecule has 0 aliphatic rings. The first kappa shape index (κ1) is 15.9. The Morgan fingerprint density at radius 3 is 2.67 bits per heavy atom. The first-order valence-electron chi connectivity index (χ1n) is 7.19. The molecule has 0 aliphatic carbocycles. The molecule has 0 saturated heterocycles. The van der Waals surface area contributed by atoms with Crippen molar-refractivity contribution in [2.75, 3.05) is 5.32 Å². The van der Waals surface area contributed by atoms with E-state index in [1.54, 1.807) is 30.9 Å². The monoisotopic (exact) mass is 331 g/mol. The van der Waals surface area contributed by atoms with Gasteiger partial charge in [-0.1, -0.05) is 12.1 Å². The van der Waals surface area contributed by atoms with Crippen LogP contribution in [0.5, 0.6) is 5.75 Å². The van der Waals surface area contributed by atoms with Crippen molar-refractivity contribution in [2.24, 2.45) is 7.05 Å². The number of anilines is 1. The smallest absolute Gasteiger partial charge is 0.387 e. The Morgan fingerprint density at radius 1 is 1.21 bits per heavy atom. The number of nitrogens with zero attached hydrogens (tertiary/aromatic N) is 4. The fourth-order valence-electron chi connectivity index (χ4n) is 2.20. The number of ether oxygens (including phenoxy) is 1. The fourth-order valence-corrected chi connectivity index (χ4v) is 2.20. The fraction of sp³-hybridized carbons (Fsp3) is 0.188. The molecule has 3 rings (SSSR count). The first-order chi connectivity index (χ1) is 11.6. The molecule has 0 fully saturated rings. The number of halogens is 2. The minimum absolute atomic E-state index is 0.139. The second-order valence-electron chi connectivity index (χ2n) is 5.10. The third-order valence-electron chi connectivity index (χ3n) is 3.35. The van der Waals surface area contributed by atoms with Crippen LogP contribution in [0, 0.1) is 0 Å². The quantitative estimate of drug-likeness (QED) is 0.752. The SMILES string of the molecule is Cn1cnnc1-c1cncc(NCc2ccc(OC(F)F)cc2)c1. The summed E-state index contributed by atoms with van der Waals surface area (Å²) in [5.41, 5.74) is 2.60. The summed E-state index contributed by atoms with van der Waals surface area (Å²) in [6.07, 6.45) is 5.04. The van der Waals surface area contributed by atoms with Gasteiger partial charge >= 0.3 is 6.61 Å². The van der Waals surface area contributed by atoms with E-state index < -0.39 is 6.61 Å². The van der Waals surface area contributed by atoms with E-state index in [-0.39, 0.29) is 5.75 Å². The highest BCUT2D eigenvalue weighted by Crippen LogP contribution is 2.20. The van der Waals surface area contributed by atoms with E-state index in [1.807, 2.05) is 17.7 Å². The predicted molar refractivity (Wildman–Crippen MR) is 84.6 cm³/mol. The van der Waals surface area contributed by atoms with E-state index in [1.165, 1.54) is 12.1 Å². The van der Waals surface area contributed by atoms with Crippen LogP contribution in [0.3, 0.4) is 0 Å². The van der Waals surface area contributed by atoms with E-state index in [2.05, 4.69) is 25.2 Å². The molecule has 24 heavy (non-hydrogen) atoms. The number of aryl methyl sites for hydroxylation is 1. The van der Waals surface area contributed by atoms with Crippen molar-refractivity contribution in [3.8, 4) is 17.1 Å². The number of benzene rings is 1. The topological polar surface area (TPSA) is 64.9 Å².